The molecule has 2 aliphatic rings. The van der Waals surface area contributed by atoms with Crippen molar-refractivity contribution < 1.29 is 33.9 Å². The fourth-order valence-corrected chi connectivity index (χ4v) is 7.52. The number of amides is 5. The van der Waals surface area contributed by atoms with Gasteiger partial charge in [0.1, 0.15) is 30.2 Å². The van der Waals surface area contributed by atoms with Crippen LogP contribution in [0.4, 0.5) is 0 Å². The molecule has 0 unspecified atom stereocenters. The summed E-state index contributed by atoms with van der Waals surface area (Å²) in [6.07, 6.45) is 7.15. The van der Waals surface area contributed by atoms with E-state index in [-0.39, 0.29) is 44.9 Å². The average Bonchev–Trinajstić information content (AvgIpc) is 4.02. The van der Waals surface area contributed by atoms with Crippen LogP contribution in [0.25, 0.3) is 10.9 Å². The number of para-hydroxylation sites is 1. The van der Waals surface area contributed by atoms with Gasteiger partial charge in [0.05, 0.1) is 18.1 Å². The third kappa shape index (κ3) is 10.7. The zero-order chi connectivity index (χ0) is 41.2. The molecule has 308 valence electrons. The van der Waals surface area contributed by atoms with Gasteiger partial charge in [0.2, 0.25) is 29.5 Å². The van der Waals surface area contributed by atoms with E-state index in [1.165, 1.54) is 16.1 Å². The van der Waals surface area contributed by atoms with Crippen molar-refractivity contribution in [2.24, 2.45) is 17.4 Å². The highest BCUT2D eigenvalue weighted by Gasteiger charge is 2.42. The minimum absolute atomic E-state index is 0.0849. The predicted octanol–water partition coefficient (Wildman–Crippen LogP) is -0.556. The molecule has 5 rings (SSSR count). The lowest BCUT2D eigenvalue weighted by Gasteiger charge is -2.33. The Kier molecular flexibility index (Phi) is 14.2. The number of nitrogens with two attached hydrogens (primary N) is 2. The van der Waals surface area contributed by atoms with Crippen molar-refractivity contribution in [2.75, 3.05) is 19.6 Å². The van der Waals surface area contributed by atoms with Gasteiger partial charge >= 0.3 is 5.97 Å². The maximum atomic E-state index is 14.3. The van der Waals surface area contributed by atoms with Crippen LogP contribution in [0.5, 0.6) is 0 Å². The largest absolute Gasteiger partial charge is 0.480 e. The molecule has 6 atom stereocenters. The molecular weight excluding hydrogens is 736 g/mol. The highest BCUT2D eigenvalue weighted by Crippen LogP contribution is 2.24. The van der Waals surface area contributed by atoms with Gasteiger partial charge in [0.25, 0.3) is 0 Å². The number of hydrogen-bond donors (Lipinski definition) is 10. The molecule has 2 saturated heterocycles. The van der Waals surface area contributed by atoms with Crippen molar-refractivity contribution in [2.45, 2.75) is 101 Å². The second-order valence-electron chi connectivity index (χ2n) is 15.0. The molecule has 2 aliphatic heterocycles. The smallest absolute Gasteiger partial charge is 0.326 e. The molecule has 0 saturated carbocycles. The molecule has 4 heterocycles. The quantitative estimate of drug-likeness (QED) is 0.0443. The fraction of sp³-hybridized carbons (Fsp3) is 0.526. The zero-order valence-electron chi connectivity index (χ0n) is 32.3. The number of carboxylic acids is 1. The predicted molar refractivity (Wildman–Crippen MR) is 209 cm³/mol. The summed E-state index contributed by atoms with van der Waals surface area (Å²) in [6.45, 7) is 4.23. The van der Waals surface area contributed by atoms with Gasteiger partial charge in [0.15, 0.2) is 5.96 Å². The Morgan fingerprint density at radius 3 is 2.30 bits per heavy atom. The standard InChI is InChI=1S/C38H54N12O7/c1-21(2)31(48-33(52)28(16-22-18-44-26-9-4-3-8-24(22)26)47-32(51)25(39)17-23-19-42-20-45-23)36(55)49-14-6-11-29(49)34(53)46-27(10-5-13-43-38(40)41)35(54)50-15-7-12-30(50)37(56)57/h3-4,8-9,18-21,25,27-31,44H,5-7,10-17,39H2,1-2H3,(H,42,45)(H,46,53)(H,47,51)(H,48,52)(H,56,57)(H4,40,41,43)/t25-,27-,28-,29-,30-,31-/m0/s1. The van der Waals surface area contributed by atoms with E-state index in [1.54, 1.807) is 26.2 Å². The van der Waals surface area contributed by atoms with Crippen LogP contribution in [0.2, 0.25) is 0 Å². The van der Waals surface area contributed by atoms with Gasteiger partial charge in [-0.3, -0.25) is 29.4 Å². The van der Waals surface area contributed by atoms with E-state index in [1.807, 2.05) is 24.3 Å². The van der Waals surface area contributed by atoms with E-state index in [0.717, 1.165) is 16.5 Å². The topological polar surface area (TPSA) is 298 Å². The molecule has 0 bridgehead atoms. The summed E-state index contributed by atoms with van der Waals surface area (Å²) in [5, 5.41) is 29.1. The number of carboxylic acid groups (broad SMARTS) is 1. The first-order valence-corrected chi connectivity index (χ1v) is 19.4. The van der Waals surface area contributed by atoms with Crippen LogP contribution in [0.3, 0.4) is 0 Å². The SMILES string of the molecule is CC(C)[C@H](NC(=O)[C@H](Cc1c[nH]c2ccccc12)NC(=O)[C@@H](N)Cc1c[nH]cn1)C(=O)N1CCC[C@H]1C(=O)N[C@@H](CCCNC(=N)N)C(=O)N1CCC[C@H]1C(=O)O. The Labute approximate surface area is 329 Å². The van der Waals surface area contributed by atoms with E-state index < -0.39 is 77.7 Å². The Balaban J connectivity index is 1.31. The minimum Gasteiger partial charge on any atom is -0.480 e. The van der Waals surface area contributed by atoms with Crippen molar-refractivity contribution in [3.05, 3.63) is 54.2 Å². The fourth-order valence-electron chi connectivity index (χ4n) is 7.52. The van der Waals surface area contributed by atoms with Crippen molar-refractivity contribution in [1.82, 2.24) is 46.0 Å². The highest BCUT2D eigenvalue weighted by molar-refractivity contribution is 5.97. The number of benzene rings is 1. The Morgan fingerprint density at radius 1 is 0.930 bits per heavy atom. The first kappa shape index (κ1) is 42.2. The minimum atomic E-state index is -1.13. The second-order valence-corrected chi connectivity index (χ2v) is 15.0. The number of aromatic amines is 2. The number of nitrogens with zero attached hydrogens (tertiary/aromatic N) is 3. The molecule has 19 heteroatoms. The van der Waals surface area contributed by atoms with E-state index >= 15 is 0 Å². The average molecular weight is 791 g/mol. The molecule has 3 aromatic rings. The molecule has 0 spiro atoms. The number of aromatic nitrogens is 3. The molecule has 2 aromatic heterocycles. The van der Waals surface area contributed by atoms with Gasteiger partial charge in [-0.15, -0.1) is 0 Å². The van der Waals surface area contributed by atoms with Gasteiger partial charge in [-0.2, -0.15) is 0 Å². The summed E-state index contributed by atoms with van der Waals surface area (Å²) in [5.74, 6) is -4.60. The Morgan fingerprint density at radius 2 is 1.63 bits per heavy atom. The van der Waals surface area contributed by atoms with Gasteiger partial charge in [0, 0.05) is 55.8 Å². The van der Waals surface area contributed by atoms with Crippen molar-refractivity contribution in [1.29, 1.82) is 5.41 Å². The number of H-pyrrole nitrogens is 2. The second kappa shape index (κ2) is 19.2. The van der Waals surface area contributed by atoms with Crippen LogP contribution in [-0.4, -0.2) is 127 Å². The van der Waals surface area contributed by atoms with E-state index in [2.05, 4.69) is 36.2 Å². The van der Waals surface area contributed by atoms with Gasteiger partial charge in [-0.25, -0.2) is 9.78 Å². The molecule has 1 aromatic carbocycles. The lowest BCUT2D eigenvalue weighted by Crippen LogP contribution is -2.60. The monoisotopic (exact) mass is 790 g/mol. The summed E-state index contributed by atoms with van der Waals surface area (Å²) in [7, 11) is 0. The highest BCUT2D eigenvalue weighted by atomic mass is 16.4. The van der Waals surface area contributed by atoms with Crippen LogP contribution in [0, 0.1) is 11.3 Å². The molecule has 19 nitrogen and oxygen atoms in total. The maximum Gasteiger partial charge on any atom is 0.326 e. The first-order valence-electron chi connectivity index (χ1n) is 19.4. The van der Waals surface area contributed by atoms with Gasteiger partial charge in [-0.05, 0) is 56.1 Å². The number of imidazole rings is 1. The van der Waals surface area contributed by atoms with Gasteiger partial charge < -0.3 is 57.6 Å². The number of fused-ring (bicyclic) bond motifs is 1. The molecular formula is C38H54N12O7. The van der Waals surface area contributed by atoms with Crippen LogP contribution in [-0.2, 0) is 41.6 Å². The van der Waals surface area contributed by atoms with Crippen LogP contribution >= 0.6 is 0 Å². The number of nitrogens with one attached hydrogen (secondary N) is 7. The summed E-state index contributed by atoms with van der Waals surface area (Å²) in [4.78, 5) is 94.2. The summed E-state index contributed by atoms with van der Waals surface area (Å²) < 4.78 is 0. The maximum absolute atomic E-state index is 14.3. The third-order valence-corrected chi connectivity index (χ3v) is 10.5. The normalized spacial score (nSPS) is 18.8. The van der Waals surface area contributed by atoms with Crippen molar-refractivity contribution in [3.8, 4) is 0 Å². The van der Waals surface area contributed by atoms with E-state index in [0.29, 0.717) is 37.8 Å². The van der Waals surface area contributed by atoms with Crippen molar-refractivity contribution in [3.63, 3.8) is 0 Å². The molecule has 0 aliphatic carbocycles. The third-order valence-electron chi connectivity index (χ3n) is 10.5. The summed E-state index contributed by atoms with van der Waals surface area (Å²) >= 11 is 0. The number of guanidine groups is 1. The molecule has 2 fully saturated rings. The molecule has 57 heavy (non-hydrogen) atoms. The number of carbonyl (C=O) groups excluding carboxylic acids is 5. The lowest BCUT2D eigenvalue weighted by molar-refractivity contribution is -0.150. The van der Waals surface area contributed by atoms with E-state index in [9.17, 15) is 33.9 Å². The Hall–Kier alpha value is -5.98. The van der Waals surface area contributed by atoms with Gasteiger partial charge in [-0.1, -0.05) is 32.0 Å². The number of hydrogen-bond acceptors (Lipinski definition) is 9. The zero-order valence-corrected chi connectivity index (χ0v) is 32.3. The molecule has 5 amide bonds. The first-order chi connectivity index (χ1) is 27.2. The van der Waals surface area contributed by atoms with Crippen molar-refractivity contribution >= 4 is 52.4 Å². The van der Waals surface area contributed by atoms with Crippen LogP contribution in [0.15, 0.2) is 43.0 Å². The number of carbonyl (C=O) groups is 6. The summed E-state index contributed by atoms with van der Waals surface area (Å²) in [6, 6.07) is 1.26. The number of aliphatic carboxylic acids is 1. The van der Waals surface area contributed by atoms with Crippen LogP contribution in [0.1, 0.15) is 63.6 Å². The molecule has 12 N–H and O–H groups in total. The lowest BCUT2D eigenvalue weighted by atomic mass is 9.99. The Bertz CT molecular complexity index is 1910. The number of rotatable bonds is 18. The van der Waals surface area contributed by atoms with E-state index in [4.69, 9.17) is 16.9 Å². The molecule has 0 radical (unpaired) electrons. The summed E-state index contributed by atoms with van der Waals surface area (Å²) in [5.41, 5.74) is 13.8. The number of likely N-dealkylation sites (tertiary alicyclic amines) is 2. The van der Waals surface area contributed by atoms with Crippen LogP contribution < -0.4 is 32.7 Å².